The van der Waals surface area contributed by atoms with Crippen LogP contribution in [0.15, 0.2) is 0 Å². The van der Waals surface area contributed by atoms with Crippen LogP contribution in [0, 0.1) is 5.92 Å². The van der Waals surface area contributed by atoms with Gasteiger partial charge in [0.1, 0.15) is 0 Å². The first-order valence-corrected chi connectivity index (χ1v) is 7.98. The lowest BCUT2D eigenvalue weighted by atomic mass is 9.95. The largest absolute Gasteiger partial charge is 0.342 e. The van der Waals surface area contributed by atoms with Gasteiger partial charge >= 0.3 is 0 Å². The number of hydrogen-bond donors (Lipinski definition) is 1. The van der Waals surface area contributed by atoms with Crippen LogP contribution < -0.4 is 4.90 Å². The summed E-state index contributed by atoms with van der Waals surface area (Å²) in [5.41, 5.74) is 0. The van der Waals surface area contributed by atoms with Crippen LogP contribution in [0.1, 0.15) is 51.4 Å². The highest BCUT2D eigenvalue weighted by Gasteiger charge is 2.36. The van der Waals surface area contributed by atoms with Crippen LogP contribution in [0.2, 0.25) is 0 Å². The van der Waals surface area contributed by atoms with Gasteiger partial charge in [-0.1, -0.05) is 0 Å². The quantitative estimate of drug-likeness (QED) is 0.773. The Hall–Kier alpha value is -0.570. The fourth-order valence-corrected chi connectivity index (χ4v) is 4.21. The summed E-state index contributed by atoms with van der Waals surface area (Å²) in [6, 6.07) is 0.874. The third kappa shape index (κ3) is 2.56. The summed E-state index contributed by atoms with van der Waals surface area (Å²) in [7, 11) is 0. The van der Waals surface area contributed by atoms with Gasteiger partial charge in [-0.25, -0.2) is 0 Å². The number of piperidine rings is 1. The number of amides is 1. The number of nitrogens with zero attached hydrogens (tertiary/aromatic N) is 1. The molecular weight excluding hydrogens is 224 g/mol. The summed E-state index contributed by atoms with van der Waals surface area (Å²) < 4.78 is 0. The zero-order chi connectivity index (χ0) is 12.4. The number of hydrogen-bond acceptors (Lipinski definition) is 1. The molecule has 0 aromatic rings. The van der Waals surface area contributed by atoms with Crippen LogP contribution in [0.5, 0.6) is 0 Å². The van der Waals surface area contributed by atoms with Crippen molar-refractivity contribution in [1.82, 2.24) is 4.90 Å². The summed E-state index contributed by atoms with van der Waals surface area (Å²) in [5, 5.41) is 0. The molecule has 3 aliphatic rings. The molecule has 0 aromatic carbocycles. The van der Waals surface area contributed by atoms with Crippen molar-refractivity contribution in [1.29, 1.82) is 0 Å². The van der Waals surface area contributed by atoms with Gasteiger partial charge in [-0.2, -0.15) is 0 Å². The monoisotopic (exact) mass is 251 g/mol. The van der Waals surface area contributed by atoms with Crippen LogP contribution in [-0.2, 0) is 4.79 Å². The van der Waals surface area contributed by atoms with Crippen LogP contribution in [-0.4, -0.2) is 43.0 Å². The molecule has 2 heterocycles. The van der Waals surface area contributed by atoms with Crippen molar-refractivity contribution in [2.24, 2.45) is 5.92 Å². The lowest BCUT2D eigenvalue weighted by Gasteiger charge is -2.34. The number of quaternary nitrogens is 1. The first kappa shape index (κ1) is 12.5. The first-order chi connectivity index (χ1) is 8.84. The minimum absolute atomic E-state index is 0.340. The Bertz CT molecular complexity index is 293. The van der Waals surface area contributed by atoms with Gasteiger partial charge in [0.25, 0.3) is 0 Å². The summed E-state index contributed by atoms with van der Waals surface area (Å²) in [5.74, 6) is 0.815. The minimum atomic E-state index is 0.340. The van der Waals surface area contributed by atoms with E-state index in [-0.39, 0.29) is 0 Å². The molecule has 1 amide bonds. The zero-order valence-electron chi connectivity index (χ0n) is 11.5. The van der Waals surface area contributed by atoms with E-state index >= 15 is 0 Å². The van der Waals surface area contributed by atoms with Gasteiger partial charge in [0.05, 0.1) is 25.0 Å². The average Bonchev–Trinajstić information content (AvgIpc) is 3.11. The molecule has 1 aliphatic carbocycles. The Morgan fingerprint density at radius 1 is 0.944 bits per heavy atom. The fraction of sp³-hybridized carbons (Fsp3) is 0.933. The summed E-state index contributed by atoms with van der Waals surface area (Å²) in [4.78, 5) is 16.3. The molecule has 3 heteroatoms. The lowest BCUT2D eigenvalue weighted by Crippen LogP contribution is -3.17. The van der Waals surface area contributed by atoms with Gasteiger partial charge in [-0.3, -0.25) is 4.79 Å². The number of carbonyl (C=O) groups excluding carboxylic acids is 1. The molecule has 0 radical (unpaired) electrons. The van der Waals surface area contributed by atoms with Crippen LogP contribution >= 0.6 is 0 Å². The lowest BCUT2D eigenvalue weighted by molar-refractivity contribution is -0.931. The highest BCUT2D eigenvalue weighted by atomic mass is 16.2. The van der Waals surface area contributed by atoms with E-state index in [0.717, 1.165) is 32.1 Å². The fourth-order valence-electron chi connectivity index (χ4n) is 4.21. The second-order valence-electron chi connectivity index (χ2n) is 6.47. The predicted molar refractivity (Wildman–Crippen MR) is 71.5 cm³/mol. The molecule has 2 aliphatic heterocycles. The SMILES string of the molecule is O=C([C@H]1CCC[NH+](C2CCCC2)C1)N1CCCC1. The molecule has 18 heavy (non-hydrogen) atoms. The van der Waals surface area contributed by atoms with E-state index in [4.69, 9.17) is 0 Å². The van der Waals surface area contributed by atoms with Gasteiger partial charge < -0.3 is 9.80 Å². The number of likely N-dealkylation sites (tertiary alicyclic amines) is 2. The second kappa shape index (κ2) is 5.60. The average molecular weight is 251 g/mol. The minimum Gasteiger partial charge on any atom is -0.342 e. The van der Waals surface area contributed by atoms with Crippen molar-refractivity contribution in [3.05, 3.63) is 0 Å². The van der Waals surface area contributed by atoms with Gasteiger partial charge in [0.15, 0.2) is 0 Å². The van der Waals surface area contributed by atoms with Gasteiger partial charge in [0, 0.05) is 13.1 Å². The van der Waals surface area contributed by atoms with E-state index in [2.05, 4.69) is 4.90 Å². The van der Waals surface area contributed by atoms with Crippen molar-refractivity contribution in [3.8, 4) is 0 Å². The molecule has 0 spiro atoms. The number of rotatable bonds is 2. The Labute approximate surface area is 111 Å². The van der Waals surface area contributed by atoms with Crippen molar-refractivity contribution in [3.63, 3.8) is 0 Å². The van der Waals surface area contributed by atoms with Crippen molar-refractivity contribution < 1.29 is 9.69 Å². The topological polar surface area (TPSA) is 24.8 Å². The Morgan fingerprint density at radius 3 is 2.39 bits per heavy atom. The zero-order valence-corrected chi connectivity index (χ0v) is 11.5. The maximum absolute atomic E-state index is 12.5. The van der Waals surface area contributed by atoms with Crippen molar-refractivity contribution in [2.45, 2.75) is 57.4 Å². The molecule has 2 saturated heterocycles. The summed E-state index contributed by atoms with van der Waals surface area (Å²) in [6.45, 7) is 4.48. The first-order valence-electron chi connectivity index (χ1n) is 7.98. The maximum atomic E-state index is 12.5. The third-order valence-corrected chi connectivity index (χ3v) is 5.26. The molecule has 102 valence electrons. The highest BCUT2D eigenvalue weighted by molar-refractivity contribution is 5.79. The normalized spacial score (nSPS) is 34.1. The number of nitrogens with one attached hydrogen (secondary N) is 1. The smallest absolute Gasteiger partial charge is 0.231 e. The molecule has 0 bridgehead atoms. The molecule has 2 atom stereocenters. The molecule has 3 rings (SSSR count). The van der Waals surface area contributed by atoms with E-state index in [1.165, 1.54) is 51.5 Å². The Balaban J connectivity index is 1.57. The molecule has 3 fully saturated rings. The molecular formula is C15H27N2O+. The highest BCUT2D eigenvalue weighted by Crippen LogP contribution is 2.19. The van der Waals surface area contributed by atoms with Crippen LogP contribution in [0.25, 0.3) is 0 Å². The second-order valence-corrected chi connectivity index (χ2v) is 6.47. The summed E-state index contributed by atoms with van der Waals surface area (Å²) in [6.07, 6.45) is 10.5. The van der Waals surface area contributed by atoms with E-state index < -0.39 is 0 Å². The molecule has 3 nitrogen and oxygen atoms in total. The Morgan fingerprint density at radius 2 is 1.67 bits per heavy atom. The van der Waals surface area contributed by atoms with E-state index in [0.29, 0.717) is 11.8 Å². The van der Waals surface area contributed by atoms with Gasteiger partial charge in [-0.15, -0.1) is 0 Å². The van der Waals surface area contributed by atoms with Crippen molar-refractivity contribution in [2.75, 3.05) is 26.2 Å². The predicted octanol–water partition coefficient (Wildman–Crippen LogP) is 0.846. The van der Waals surface area contributed by atoms with Crippen molar-refractivity contribution >= 4 is 5.91 Å². The molecule has 1 saturated carbocycles. The van der Waals surface area contributed by atoms with E-state index in [1.807, 2.05) is 0 Å². The summed E-state index contributed by atoms with van der Waals surface area (Å²) >= 11 is 0. The van der Waals surface area contributed by atoms with Crippen LogP contribution in [0.4, 0.5) is 0 Å². The van der Waals surface area contributed by atoms with Gasteiger partial charge in [0.2, 0.25) is 5.91 Å². The van der Waals surface area contributed by atoms with E-state index in [1.54, 1.807) is 4.90 Å². The molecule has 1 N–H and O–H groups in total. The van der Waals surface area contributed by atoms with E-state index in [9.17, 15) is 4.79 Å². The Kier molecular flexibility index (Phi) is 3.88. The standard InChI is InChI=1S/C15H26N2O/c18-15(16-9-3-4-10-16)13-6-5-11-17(12-13)14-7-1-2-8-14/h13-14H,1-12H2/p+1/t13-/m0/s1. The molecule has 1 unspecified atom stereocenters. The molecule has 0 aromatic heterocycles. The van der Waals surface area contributed by atoms with Crippen LogP contribution in [0.3, 0.4) is 0 Å². The number of carbonyl (C=O) groups is 1. The van der Waals surface area contributed by atoms with Gasteiger partial charge in [-0.05, 0) is 51.4 Å². The third-order valence-electron chi connectivity index (χ3n) is 5.26. The maximum Gasteiger partial charge on any atom is 0.231 e.